The highest BCUT2D eigenvalue weighted by Crippen LogP contribution is 2.25. The summed E-state index contributed by atoms with van der Waals surface area (Å²) in [6, 6.07) is 14.0. The van der Waals surface area contributed by atoms with Crippen LogP contribution in [0.3, 0.4) is 0 Å². The lowest BCUT2D eigenvalue weighted by Gasteiger charge is -2.11. The number of hydrogen-bond acceptors (Lipinski definition) is 2. The van der Waals surface area contributed by atoms with E-state index in [1.807, 2.05) is 37.3 Å². The van der Waals surface area contributed by atoms with E-state index in [2.05, 4.69) is 22.4 Å². The van der Waals surface area contributed by atoms with Crippen molar-refractivity contribution in [1.29, 1.82) is 0 Å². The number of nitrogens with one attached hydrogen (secondary N) is 2. The third kappa shape index (κ3) is 2.62. The average molecular weight is 282 g/mol. The van der Waals surface area contributed by atoms with Crippen LogP contribution in [0.25, 0.3) is 21.7 Å². The number of aromatic nitrogens is 1. The van der Waals surface area contributed by atoms with Crippen LogP contribution in [-0.4, -0.2) is 28.6 Å². The molecule has 0 saturated heterocycles. The molecule has 2 aromatic carbocycles. The molecule has 0 spiro atoms. The summed E-state index contributed by atoms with van der Waals surface area (Å²) in [7, 11) is 0. The highest BCUT2D eigenvalue weighted by atomic mass is 16.3. The van der Waals surface area contributed by atoms with Crippen LogP contribution in [0, 0.1) is 0 Å². The van der Waals surface area contributed by atoms with E-state index in [9.17, 15) is 4.79 Å². The molecule has 21 heavy (non-hydrogen) atoms. The van der Waals surface area contributed by atoms with Gasteiger partial charge >= 0.3 is 0 Å². The second-order valence-electron chi connectivity index (χ2n) is 5.32. The number of aromatic amines is 1. The van der Waals surface area contributed by atoms with Gasteiger partial charge in [0.25, 0.3) is 5.91 Å². The molecule has 1 heterocycles. The monoisotopic (exact) mass is 282 g/mol. The minimum atomic E-state index is -0.142. The van der Waals surface area contributed by atoms with E-state index < -0.39 is 0 Å². The minimum Gasteiger partial charge on any atom is -0.396 e. The zero-order valence-corrected chi connectivity index (χ0v) is 11.9. The predicted molar refractivity (Wildman–Crippen MR) is 84.4 cm³/mol. The van der Waals surface area contributed by atoms with Crippen molar-refractivity contribution in [3.8, 4) is 0 Å². The first-order chi connectivity index (χ1) is 10.2. The van der Waals surface area contributed by atoms with Crippen LogP contribution < -0.4 is 5.32 Å². The fraction of sp³-hybridized carbons (Fsp3) is 0.235. The number of rotatable bonds is 4. The number of aliphatic hydroxyl groups is 1. The molecule has 0 radical (unpaired) electrons. The highest BCUT2D eigenvalue weighted by molar-refractivity contribution is 6.09. The number of aliphatic hydroxyl groups excluding tert-OH is 1. The number of H-pyrrole nitrogens is 1. The predicted octanol–water partition coefficient (Wildman–Crippen LogP) is 2.82. The summed E-state index contributed by atoms with van der Waals surface area (Å²) in [6.45, 7) is 1.95. The fourth-order valence-electron chi connectivity index (χ4n) is 2.58. The third-order valence-corrected chi connectivity index (χ3v) is 3.71. The first kappa shape index (κ1) is 13.6. The van der Waals surface area contributed by atoms with Gasteiger partial charge in [-0.05, 0) is 36.2 Å². The maximum Gasteiger partial charge on any atom is 0.267 e. The van der Waals surface area contributed by atoms with Crippen LogP contribution in [0.2, 0.25) is 0 Å². The van der Waals surface area contributed by atoms with Gasteiger partial charge in [-0.15, -0.1) is 0 Å². The standard InChI is InChI=1S/C17H18N2O2/c1-11(8-9-20)18-17(21)16-10-14-13-5-3-2-4-12(13)6-7-15(14)19-16/h2-7,10-11,19-20H,8-9H2,1H3,(H,18,21). The maximum atomic E-state index is 12.2. The van der Waals surface area contributed by atoms with Crippen molar-refractivity contribution in [3.63, 3.8) is 0 Å². The lowest BCUT2D eigenvalue weighted by atomic mass is 10.1. The number of carbonyl (C=O) groups is 1. The molecular formula is C17H18N2O2. The molecule has 1 atom stereocenters. The second kappa shape index (κ2) is 5.58. The van der Waals surface area contributed by atoms with Crippen molar-refractivity contribution in [2.75, 3.05) is 6.61 Å². The molecular weight excluding hydrogens is 264 g/mol. The number of benzene rings is 2. The fourth-order valence-corrected chi connectivity index (χ4v) is 2.58. The molecule has 1 unspecified atom stereocenters. The van der Waals surface area contributed by atoms with Crippen molar-refractivity contribution in [3.05, 3.63) is 48.2 Å². The molecule has 1 aromatic heterocycles. The zero-order chi connectivity index (χ0) is 14.8. The molecule has 3 aromatic rings. The molecule has 4 nitrogen and oxygen atoms in total. The summed E-state index contributed by atoms with van der Waals surface area (Å²) in [6.07, 6.45) is 0.550. The summed E-state index contributed by atoms with van der Waals surface area (Å²) in [5.74, 6) is -0.142. The minimum absolute atomic E-state index is 0.0503. The summed E-state index contributed by atoms with van der Waals surface area (Å²) < 4.78 is 0. The molecule has 0 aliphatic carbocycles. The Morgan fingerprint density at radius 2 is 2.05 bits per heavy atom. The molecule has 3 N–H and O–H groups in total. The molecule has 0 aliphatic heterocycles. The summed E-state index contributed by atoms with van der Waals surface area (Å²) in [5, 5.41) is 15.1. The molecule has 0 aliphatic rings. The van der Waals surface area contributed by atoms with E-state index in [0.29, 0.717) is 12.1 Å². The number of amides is 1. The second-order valence-corrected chi connectivity index (χ2v) is 5.32. The molecule has 0 bridgehead atoms. The van der Waals surface area contributed by atoms with Crippen LogP contribution in [0.4, 0.5) is 0 Å². The Morgan fingerprint density at radius 3 is 2.86 bits per heavy atom. The summed E-state index contributed by atoms with van der Waals surface area (Å²) >= 11 is 0. The first-order valence-corrected chi connectivity index (χ1v) is 7.11. The molecule has 0 saturated carbocycles. The smallest absolute Gasteiger partial charge is 0.267 e. The normalized spacial score (nSPS) is 12.7. The molecule has 0 fully saturated rings. The van der Waals surface area contributed by atoms with Gasteiger partial charge in [-0.1, -0.05) is 30.3 Å². The number of hydrogen-bond donors (Lipinski definition) is 3. The van der Waals surface area contributed by atoms with Gasteiger partial charge in [-0.25, -0.2) is 0 Å². The maximum absolute atomic E-state index is 12.2. The van der Waals surface area contributed by atoms with Crippen molar-refractivity contribution in [1.82, 2.24) is 10.3 Å². The van der Waals surface area contributed by atoms with Gasteiger partial charge in [0.1, 0.15) is 5.69 Å². The first-order valence-electron chi connectivity index (χ1n) is 7.11. The largest absolute Gasteiger partial charge is 0.396 e. The van der Waals surface area contributed by atoms with Gasteiger partial charge < -0.3 is 15.4 Å². The molecule has 3 rings (SSSR count). The van der Waals surface area contributed by atoms with Gasteiger partial charge in [0.15, 0.2) is 0 Å². The van der Waals surface area contributed by atoms with Gasteiger partial charge in [0, 0.05) is 23.6 Å². The average Bonchev–Trinajstić information content (AvgIpc) is 2.92. The van der Waals surface area contributed by atoms with E-state index >= 15 is 0 Å². The number of carbonyl (C=O) groups excluding carboxylic acids is 1. The van der Waals surface area contributed by atoms with Crippen LogP contribution in [0.15, 0.2) is 42.5 Å². The van der Waals surface area contributed by atoms with Crippen LogP contribution >= 0.6 is 0 Å². The highest BCUT2D eigenvalue weighted by Gasteiger charge is 2.13. The lowest BCUT2D eigenvalue weighted by Crippen LogP contribution is -2.33. The molecule has 108 valence electrons. The Balaban J connectivity index is 1.97. The van der Waals surface area contributed by atoms with E-state index in [4.69, 9.17) is 5.11 Å². The number of fused-ring (bicyclic) bond motifs is 3. The Labute approximate surface area is 122 Å². The summed E-state index contributed by atoms with van der Waals surface area (Å²) in [5.41, 5.74) is 1.50. The van der Waals surface area contributed by atoms with Crippen molar-refractivity contribution >= 4 is 27.6 Å². The Kier molecular flexibility index (Phi) is 3.62. The van der Waals surface area contributed by atoms with Crippen LogP contribution in [-0.2, 0) is 0 Å². The molecule has 1 amide bonds. The van der Waals surface area contributed by atoms with Crippen LogP contribution in [0.1, 0.15) is 23.8 Å². The zero-order valence-electron chi connectivity index (χ0n) is 11.9. The van der Waals surface area contributed by atoms with Gasteiger partial charge in [0.05, 0.1) is 0 Å². The van der Waals surface area contributed by atoms with E-state index in [-0.39, 0.29) is 18.6 Å². The van der Waals surface area contributed by atoms with Gasteiger partial charge in [-0.3, -0.25) is 4.79 Å². The Morgan fingerprint density at radius 1 is 1.24 bits per heavy atom. The van der Waals surface area contributed by atoms with Gasteiger partial charge in [-0.2, -0.15) is 0 Å². The third-order valence-electron chi connectivity index (χ3n) is 3.71. The van der Waals surface area contributed by atoms with Crippen molar-refractivity contribution in [2.24, 2.45) is 0 Å². The van der Waals surface area contributed by atoms with E-state index in [0.717, 1.165) is 21.7 Å². The van der Waals surface area contributed by atoms with Gasteiger partial charge in [0.2, 0.25) is 0 Å². The summed E-state index contributed by atoms with van der Waals surface area (Å²) in [4.78, 5) is 15.4. The quantitative estimate of drug-likeness (QED) is 0.689. The topological polar surface area (TPSA) is 65.1 Å². The molecule has 4 heteroatoms. The lowest BCUT2D eigenvalue weighted by molar-refractivity contribution is 0.0930. The Hall–Kier alpha value is -2.33. The van der Waals surface area contributed by atoms with Crippen LogP contribution in [0.5, 0.6) is 0 Å². The van der Waals surface area contributed by atoms with E-state index in [1.165, 1.54) is 0 Å². The van der Waals surface area contributed by atoms with Crippen molar-refractivity contribution < 1.29 is 9.90 Å². The van der Waals surface area contributed by atoms with Crippen molar-refractivity contribution in [2.45, 2.75) is 19.4 Å². The van der Waals surface area contributed by atoms with E-state index in [1.54, 1.807) is 0 Å². The SMILES string of the molecule is CC(CCO)NC(=O)c1cc2c(ccc3ccccc32)[nH]1. The Bertz CT molecular complexity index is 792.